The molecule has 0 saturated carbocycles. The van der Waals surface area contributed by atoms with Gasteiger partial charge in [0.15, 0.2) is 0 Å². The summed E-state index contributed by atoms with van der Waals surface area (Å²) in [5, 5.41) is 9.80. The Hall–Kier alpha value is -1.61. The molecule has 0 bridgehead atoms. The van der Waals surface area contributed by atoms with Gasteiger partial charge in [0.1, 0.15) is 5.82 Å². The van der Waals surface area contributed by atoms with Gasteiger partial charge in [-0.2, -0.15) is 0 Å². The average molecular weight is 205 g/mol. The van der Waals surface area contributed by atoms with Gasteiger partial charge in [-0.05, 0) is 23.3 Å². The maximum Gasteiger partial charge on any atom is 0.126 e. The van der Waals surface area contributed by atoms with Gasteiger partial charge in [-0.3, -0.25) is 0 Å². The molecule has 1 aromatic carbocycles. The lowest BCUT2D eigenvalue weighted by Crippen LogP contribution is -2.02. The topological polar surface area (TPSA) is 36.0 Å². The lowest BCUT2D eigenvalue weighted by molar-refractivity contribution is 0.177. The van der Waals surface area contributed by atoms with Crippen LogP contribution in [0.5, 0.6) is 0 Å². The van der Waals surface area contributed by atoms with E-state index in [1.165, 1.54) is 6.07 Å². The standard InChI is InChI=1S/C12H12FNO/c13-11-4-2-1-3-9(11)7-12(15)10-5-6-14-8-10/h1-6,8,12,14-15H,7H2. The number of rotatable bonds is 3. The van der Waals surface area contributed by atoms with Crippen molar-refractivity contribution in [1.82, 2.24) is 4.98 Å². The van der Waals surface area contributed by atoms with Crippen LogP contribution in [0.4, 0.5) is 4.39 Å². The van der Waals surface area contributed by atoms with E-state index in [1.807, 2.05) is 0 Å². The third-order valence-electron chi connectivity index (χ3n) is 2.38. The van der Waals surface area contributed by atoms with Gasteiger partial charge in [0.25, 0.3) is 0 Å². The molecule has 1 aromatic heterocycles. The van der Waals surface area contributed by atoms with E-state index >= 15 is 0 Å². The summed E-state index contributed by atoms with van der Waals surface area (Å²) in [5.41, 5.74) is 1.31. The highest BCUT2D eigenvalue weighted by Crippen LogP contribution is 2.19. The molecule has 0 aliphatic rings. The van der Waals surface area contributed by atoms with Crippen LogP contribution in [0.1, 0.15) is 17.2 Å². The fourth-order valence-corrected chi connectivity index (χ4v) is 1.53. The normalized spacial score (nSPS) is 12.7. The summed E-state index contributed by atoms with van der Waals surface area (Å²) in [6.07, 6.45) is 3.09. The summed E-state index contributed by atoms with van der Waals surface area (Å²) in [4.78, 5) is 2.86. The maximum absolute atomic E-state index is 13.3. The fourth-order valence-electron chi connectivity index (χ4n) is 1.53. The van der Waals surface area contributed by atoms with Crippen molar-refractivity contribution in [1.29, 1.82) is 0 Å². The van der Waals surface area contributed by atoms with Crippen LogP contribution in [0.25, 0.3) is 0 Å². The third kappa shape index (κ3) is 2.25. The van der Waals surface area contributed by atoms with E-state index in [0.29, 0.717) is 12.0 Å². The van der Waals surface area contributed by atoms with E-state index in [-0.39, 0.29) is 5.82 Å². The van der Waals surface area contributed by atoms with E-state index in [9.17, 15) is 9.50 Å². The van der Waals surface area contributed by atoms with Crippen molar-refractivity contribution < 1.29 is 9.50 Å². The van der Waals surface area contributed by atoms with E-state index in [4.69, 9.17) is 0 Å². The first-order valence-corrected chi connectivity index (χ1v) is 4.81. The zero-order chi connectivity index (χ0) is 10.7. The summed E-state index contributed by atoms with van der Waals surface area (Å²) in [6.45, 7) is 0. The number of aliphatic hydroxyl groups excluding tert-OH is 1. The molecule has 0 fully saturated rings. The molecular weight excluding hydrogens is 193 g/mol. The highest BCUT2D eigenvalue weighted by atomic mass is 19.1. The van der Waals surface area contributed by atoms with E-state index < -0.39 is 6.10 Å². The first-order chi connectivity index (χ1) is 7.27. The first kappa shape index (κ1) is 9.93. The SMILES string of the molecule is OC(Cc1ccccc1F)c1cc[nH]c1. The largest absolute Gasteiger partial charge is 0.388 e. The molecule has 2 nitrogen and oxygen atoms in total. The van der Waals surface area contributed by atoms with Gasteiger partial charge >= 0.3 is 0 Å². The summed E-state index contributed by atoms with van der Waals surface area (Å²) in [7, 11) is 0. The molecule has 78 valence electrons. The van der Waals surface area contributed by atoms with Crippen molar-refractivity contribution in [2.45, 2.75) is 12.5 Å². The fraction of sp³-hybridized carbons (Fsp3) is 0.167. The van der Waals surface area contributed by atoms with Gasteiger partial charge in [-0.15, -0.1) is 0 Å². The molecule has 0 aliphatic heterocycles. The molecule has 15 heavy (non-hydrogen) atoms. The van der Waals surface area contributed by atoms with Crippen LogP contribution in [0.2, 0.25) is 0 Å². The van der Waals surface area contributed by atoms with Gasteiger partial charge in [-0.1, -0.05) is 18.2 Å². The number of aromatic amines is 1. The van der Waals surface area contributed by atoms with Crippen LogP contribution in [-0.2, 0) is 6.42 Å². The lowest BCUT2D eigenvalue weighted by Gasteiger charge is -2.09. The smallest absolute Gasteiger partial charge is 0.126 e. The van der Waals surface area contributed by atoms with Gasteiger partial charge in [0.05, 0.1) is 6.10 Å². The number of hydrogen-bond donors (Lipinski definition) is 2. The zero-order valence-corrected chi connectivity index (χ0v) is 8.15. The van der Waals surface area contributed by atoms with E-state index in [0.717, 1.165) is 5.56 Å². The van der Waals surface area contributed by atoms with Crippen LogP contribution in [0, 0.1) is 5.82 Å². The van der Waals surface area contributed by atoms with Crippen molar-refractivity contribution in [3.8, 4) is 0 Å². The Labute approximate surface area is 87.4 Å². The van der Waals surface area contributed by atoms with Crippen molar-refractivity contribution in [3.63, 3.8) is 0 Å². The predicted molar refractivity (Wildman–Crippen MR) is 55.9 cm³/mol. The van der Waals surface area contributed by atoms with Crippen molar-refractivity contribution in [3.05, 3.63) is 59.7 Å². The van der Waals surface area contributed by atoms with Gasteiger partial charge in [0, 0.05) is 18.8 Å². The predicted octanol–water partition coefficient (Wildman–Crippen LogP) is 2.43. The molecule has 0 saturated heterocycles. The number of hydrogen-bond acceptors (Lipinski definition) is 1. The molecule has 0 spiro atoms. The maximum atomic E-state index is 13.3. The molecule has 0 radical (unpaired) electrons. The Bertz CT molecular complexity index is 425. The Morgan fingerprint density at radius 2 is 2.07 bits per heavy atom. The van der Waals surface area contributed by atoms with Crippen LogP contribution in [0.15, 0.2) is 42.7 Å². The molecule has 2 aromatic rings. The van der Waals surface area contributed by atoms with Gasteiger partial charge in [0.2, 0.25) is 0 Å². The molecule has 1 heterocycles. The van der Waals surface area contributed by atoms with Gasteiger partial charge < -0.3 is 10.1 Å². The molecule has 2 N–H and O–H groups in total. The highest BCUT2D eigenvalue weighted by Gasteiger charge is 2.11. The molecule has 2 rings (SSSR count). The monoisotopic (exact) mass is 205 g/mol. The Kier molecular flexibility index (Phi) is 2.83. The van der Waals surface area contributed by atoms with Crippen LogP contribution in [-0.4, -0.2) is 10.1 Å². The number of halogens is 1. The molecule has 0 amide bonds. The summed E-state index contributed by atoms with van der Waals surface area (Å²) >= 11 is 0. The zero-order valence-electron chi connectivity index (χ0n) is 8.15. The van der Waals surface area contributed by atoms with Crippen molar-refractivity contribution in [2.24, 2.45) is 0 Å². The number of aliphatic hydroxyl groups is 1. The number of H-pyrrole nitrogens is 1. The Balaban J connectivity index is 2.13. The van der Waals surface area contributed by atoms with Crippen LogP contribution in [0.3, 0.4) is 0 Å². The minimum atomic E-state index is -0.659. The third-order valence-corrected chi connectivity index (χ3v) is 2.38. The lowest BCUT2D eigenvalue weighted by atomic mass is 10.0. The van der Waals surface area contributed by atoms with Crippen molar-refractivity contribution in [2.75, 3.05) is 0 Å². The summed E-state index contributed by atoms with van der Waals surface area (Å²) in [6, 6.07) is 8.28. The average Bonchev–Trinajstić information content (AvgIpc) is 2.74. The second kappa shape index (κ2) is 4.28. The second-order valence-electron chi connectivity index (χ2n) is 3.46. The van der Waals surface area contributed by atoms with Crippen molar-refractivity contribution >= 4 is 0 Å². The summed E-state index contributed by atoms with van der Waals surface area (Å²) in [5.74, 6) is -0.271. The van der Waals surface area contributed by atoms with Gasteiger partial charge in [-0.25, -0.2) is 4.39 Å². The molecule has 0 aliphatic carbocycles. The van der Waals surface area contributed by atoms with Crippen LogP contribution >= 0.6 is 0 Å². The second-order valence-corrected chi connectivity index (χ2v) is 3.46. The minimum absolute atomic E-state index is 0.271. The Morgan fingerprint density at radius 3 is 2.73 bits per heavy atom. The molecule has 1 atom stereocenters. The highest BCUT2D eigenvalue weighted by molar-refractivity contribution is 5.21. The molecular formula is C12H12FNO. The Morgan fingerprint density at radius 1 is 1.27 bits per heavy atom. The molecule has 3 heteroatoms. The van der Waals surface area contributed by atoms with E-state index in [1.54, 1.807) is 36.7 Å². The number of nitrogens with one attached hydrogen (secondary N) is 1. The summed E-state index contributed by atoms with van der Waals surface area (Å²) < 4.78 is 13.3. The quantitative estimate of drug-likeness (QED) is 0.793. The number of benzene rings is 1. The van der Waals surface area contributed by atoms with E-state index in [2.05, 4.69) is 4.98 Å². The minimum Gasteiger partial charge on any atom is -0.388 e. The number of aromatic nitrogens is 1. The molecule has 1 unspecified atom stereocenters. The first-order valence-electron chi connectivity index (χ1n) is 4.81. The van der Waals surface area contributed by atoms with Crippen LogP contribution < -0.4 is 0 Å².